The lowest BCUT2D eigenvalue weighted by atomic mass is 9.94. The molecule has 1 fully saturated rings. The van der Waals surface area contributed by atoms with Gasteiger partial charge in [0.15, 0.2) is 0 Å². The number of hydrogen-bond acceptors (Lipinski definition) is 7. The quantitative estimate of drug-likeness (QED) is 0.177. The van der Waals surface area contributed by atoms with Gasteiger partial charge in [-0.25, -0.2) is 4.98 Å². The molecule has 0 saturated carbocycles. The van der Waals surface area contributed by atoms with Crippen LogP contribution in [0.5, 0.6) is 5.75 Å². The van der Waals surface area contributed by atoms with Crippen molar-refractivity contribution in [1.29, 1.82) is 0 Å². The van der Waals surface area contributed by atoms with Crippen LogP contribution < -0.4 is 4.74 Å². The van der Waals surface area contributed by atoms with E-state index in [4.69, 9.17) is 4.74 Å². The van der Waals surface area contributed by atoms with Crippen LogP contribution in [0, 0.1) is 10.1 Å². The van der Waals surface area contributed by atoms with Gasteiger partial charge in [-0.2, -0.15) is 0 Å². The van der Waals surface area contributed by atoms with Crippen LogP contribution in [0.15, 0.2) is 66.8 Å². The zero-order valence-corrected chi connectivity index (χ0v) is 19.5. The van der Waals surface area contributed by atoms with Gasteiger partial charge in [0.1, 0.15) is 17.6 Å². The number of imidazole rings is 1. The van der Waals surface area contributed by atoms with Gasteiger partial charge in [0.2, 0.25) is 0 Å². The first kappa shape index (κ1) is 23.3. The van der Waals surface area contributed by atoms with Crippen LogP contribution in [-0.2, 0) is 22.6 Å². The van der Waals surface area contributed by atoms with Crippen LogP contribution in [0.3, 0.4) is 0 Å². The fraction of sp³-hybridized carbons (Fsp3) is 0.269. The molecule has 2 aliphatic rings. The zero-order chi connectivity index (χ0) is 25.4. The molecule has 3 aromatic rings. The first-order valence-corrected chi connectivity index (χ1v) is 11.6. The van der Waals surface area contributed by atoms with Crippen molar-refractivity contribution in [2.24, 2.45) is 0 Å². The van der Waals surface area contributed by atoms with Crippen LogP contribution in [0.4, 0.5) is 5.69 Å². The Labute approximate surface area is 206 Å². The van der Waals surface area contributed by atoms with E-state index in [1.165, 1.54) is 29.2 Å². The van der Waals surface area contributed by atoms with Gasteiger partial charge in [0, 0.05) is 49.6 Å². The minimum atomic E-state index is -0.878. The lowest BCUT2D eigenvalue weighted by Crippen LogP contribution is -2.31. The predicted molar refractivity (Wildman–Crippen MR) is 129 cm³/mol. The Balaban J connectivity index is 1.54. The van der Waals surface area contributed by atoms with Gasteiger partial charge in [-0.3, -0.25) is 19.7 Å². The number of amides is 1. The monoisotopic (exact) mass is 488 g/mol. The van der Waals surface area contributed by atoms with Crippen molar-refractivity contribution >= 4 is 23.1 Å². The van der Waals surface area contributed by atoms with E-state index in [2.05, 4.69) is 4.98 Å². The summed E-state index contributed by atoms with van der Waals surface area (Å²) in [6.07, 6.45) is 6.36. The Morgan fingerprint density at radius 2 is 1.97 bits per heavy atom. The largest absolute Gasteiger partial charge is 0.507 e. The average molecular weight is 489 g/mol. The number of nitro groups is 1. The van der Waals surface area contributed by atoms with Crippen LogP contribution in [0.25, 0.3) is 5.76 Å². The third-order valence-electron chi connectivity index (χ3n) is 6.50. The normalized spacial score (nSPS) is 20.4. The van der Waals surface area contributed by atoms with E-state index in [0.29, 0.717) is 30.5 Å². The van der Waals surface area contributed by atoms with Crippen molar-refractivity contribution in [1.82, 2.24) is 14.5 Å². The summed E-state index contributed by atoms with van der Waals surface area (Å²) < 4.78 is 7.60. The van der Waals surface area contributed by atoms with Gasteiger partial charge in [-0.05, 0) is 54.8 Å². The number of aryl methyl sites for hydroxylation is 1. The number of nitrogens with zero attached hydrogens (tertiary/aromatic N) is 4. The number of aromatic nitrogens is 2. The van der Waals surface area contributed by atoms with E-state index in [1.54, 1.807) is 36.9 Å². The maximum Gasteiger partial charge on any atom is 0.295 e. The maximum atomic E-state index is 13.2. The Bertz CT molecular complexity index is 1360. The van der Waals surface area contributed by atoms with Gasteiger partial charge >= 0.3 is 0 Å². The number of fused-ring (bicyclic) bond motifs is 1. The number of carbonyl (C=O) groups is 2. The Morgan fingerprint density at radius 1 is 1.19 bits per heavy atom. The molecule has 1 saturated heterocycles. The number of nitro benzene ring substituents is 1. The number of ketones is 1. The van der Waals surface area contributed by atoms with Crippen molar-refractivity contribution in [3.63, 3.8) is 0 Å². The molecule has 3 heterocycles. The maximum absolute atomic E-state index is 13.2. The molecule has 36 heavy (non-hydrogen) atoms. The van der Waals surface area contributed by atoms with Gasteiger partial charge in [0.25, 0.3) is 17.4 Å². The van der Waals surface area contributed by atoms with Crippen molar-refractivity contribution in [2.45, 2.75) is 38.5 Å². The Hall–Kier alpha value is -4.47. The van der Waals surface area contributed by atoms with Crippen LogP contribution in [0.2, 0.25) is 0 Å². The molecule has 2 aromatic carbocycles. The summed E-state index contributed by atoms with van der Waals surface area (Å²) in [5, 5.41) is 22.4. The molecule has 1 amide bonds. The molecule has 0 unspecified atom stereocenters. The second-order valence-electron chi connectivity index (χ2n) is 8.95. The standard InChI is InChI=1S/C26H24N4O6/c1-16-13-19-14-18(5-8-21(19)36-16)24(31)22-23(17-3-6-20(7-4-17)30(34)35)29(26(33)25(22)32)11-2-10-28-12-9-27-15-28/h3-9,12,14-16,23,31H,2,10-11,13H2,1H3/t16-,23-/m1/s1. The second kappa shape index (κ2) is 9.29. The summed E-state index contributed by atoms with van der Waals surface area (Å²) in [6, 6.07) is 9.99. The molecule has 0 radical (unpaired) electrons. The Morgan fingerprint density at radius 3 is 2.67 bits per heavy atom. The number of carbonyl (C=O) groups excluding carboxylic acids is 2. The molecule has 0 aliphatic carbocycles. The fourth-order valence-electron chi connectivity index (χ4n) is 4.80. The molecule has 10 nitrogen and oxygen atoms in total. The number of aliphatic hydroxyl groups is 1. The molecule has 2 aliphatic heterocycles. The summed E-state index contributed by atoms with van der Waals surface area (Å²) in [4.78, 5) is 42.4. The van der Waals surface area contributed by atoms with Gasteiger partial charge < -0.3 is 19.3 Å². The van der Waals surface area contributed by atoms with Crippen LogP contribution in [-0.4, -0.2) is 48.8 Å². The summed E-state index contributed by atoms with van der Waals surface area (Å²) in [7, 11) is 0. The summed E-state index contributed by atoms with van der Waals surface area (Å²) >= 11 is 0. The number of aliphatic hydroxyl groups excluding tert-OH is 1. The fourth-order valence-corrected chi connectivity index (χ4v) is 4.80. The highest BCUT2D eigenvalue weighted by Gasteiger charge is 2.46. The van der Waals surface area contributed by atoms with Crippen molar-refractivity contribution in [3.05, 3.63) is 93.6 Å². The van der Waals surface area contributed by atoms with Crippen molar-refractivity contribution in [2.75, 3.05) is 6.54 Å². The molecule has 2 atom stereocenters. The Kier molecular flexibility index (Phi) is 6.01. The highest BCUT2D eigenvalue weighted by molar-refractivity contribution is 6.46. The number of benzene rings is 2. The first-order valence-electron chi connectivity index (χ1n) is 11.6. The van der Waals surface area contributed by atoms with E-state index >= 15 is 0 Å². The number of rotatable bonds is 7. The molecular formula is C26H24N4O6. The van der Waals surface area contributed by atoms with E-state index in [0.717, 1.165) is 11.3 Å². The molecular weight excluding hydrogens is 464 g/mol. The zero-order valence-electron chi connectivity index (χ0n) is 19.5. The minimum absolute atomic E-state index is 0.0126. The molecule has 1 aromatic heterocycles. The lowest BCUT2D eigenvalue weighted by Gasteiger charge is -2.25. The number of hydrogen-bond donors (Lipinski definition) is 1. The smallest absolute Gasteiger partial charge is 0.295 e. The topological polar surface area (TPSA) is 128 Å². The van der Waals surface area contributed by atoms with Gasteiger partial charge in [-0.15, -0.1) is 0 Å². The van der Waals surface area contributed by atoms with Crippen molar-refractivity contribution < 1.29 is 24.4 Å². The lowest BCUT2D eigenvalue weighted by molar-refractivity contribution is -0.384. The molecule has 0 bridgehead atoms. The van der Waals surface area contributed by atoms with Crippen molar-refractivity contribution in [3.8, 4) is 5.75 Å². The predicted octanol–water partition coefficient (Wildman–Crippen LogP) is 3.63. The van der Waals surface area contributed by atoms with E-state index in [9.17, 15) is 24.8 Å². The van der Waals surface area contributed by atoms with E-state index < -0.39 is 22.7 Å². The van der Waals surface area contributed by atoms with Gasteiger partial charge in [-0.1, -0.05) is 0 Å². The van der Waals surface area contributed by atoms with Crippen LogP contribution >= 0.6 is 0 Å². The third kappa shape index (κ3) is 4.21. The third-order valence-corrected chi connectivity index (χ3v) is 6.50. The molecule has 0 spiro atoms. The number of likely N-dealkylation sites (tertiary alicyclic amines) is 1. The van der Waals surface area contributed by atoms with Crippen LogP contribution in [0.1, 0.15) is 36.1 Å². The average Bonchev–Trinajstić information content (AvgIpc) is 3.57. The summed E-state index contributed by atoms with van der Waals surface area (Å²) in [5.41, 5.74) is 1.68. The number of Topliss-reactive ketones (excluding diaryl/α,β-unsaturated/α-hetero) is 1. The number of ether oxygens (including phenoxy) is 1. The highest BCUT2D eigenvalue weighted by Crippen LogP contribution is 2.41. The molecule has 184 valence electrons. The highest BCUT2D eigenvalue weighted by atomic mass is 16.6. The number of non-ortho nitro benzene ring substituents is 1. The molecule has 10 heteroatoms. The van der Waals surface area contributed by atoms with E-state index in [-0.39, 0.29) is 29.7 Å². The SMILES string of the molecule is C[C@@H]1Cc2cc(C(O)=C3C(=O)C(=O)N(CCCn4ccnc4)[C@@H]3c3ccc([N+](=O)[O-])cc3)ccc2O1. The van der Waals surface area contributed by atoms with E-state index in [1.807, 2.05) is 11.5 Å². The van der Waals surface area contributed by atoms with Gasteiger partial charge in [0.05, 0.1) is 22.9 Å². The first-order chi connectivity index (χ1) is 17.3. The summed E-state index contributed by atoms with van der Waals surface area (Å²) in [5.74, 6) is -1.06. The molecule has 5 rings (SSSR count). The molecule has 1 N–H and O–H groups in total. The second-order valence-corrected chi connectivity index (χ2v) is 8.95. The summed E-state index contributed by atoms with van der Waals surface area (Å²) in [6.45, 7) is 2.78. The minimum Gasteiger partial charge on any atom is -0.507 e.